The first-order chi connectivity index (χ1) is 5.55. The Hall–Kier alpha value is 0. The average Bonchev–Trinajstić information content (AvgIpc) is 2.20. The highest BCUT2D eigenvalue weighted by Gasteiger charge is 2.35. The maximum absolute atomic E-state index is 2.44. The Kier molecular flexibility index (Phi) is 3.20. The summed E-state index contributed by atoms with van der Waals surface area (Å²) in [6.45, 7) is 9.59. The molecule has 0 saturated heterocycles. The SMILES string of the molecule is CCCCC1CC(C)(C)C[C@@H]1C. The van der Waals surface area contributed by atoms with Crippen LogP contribution >= 0.6 is 0 Å². The molecule has 0 amide bonds. The fraction of sp³-hybridized carbons (Fsp3) is 1.00. The molecule has 1 aliphatic rings. The third kappa shape index (κ3) is 2.50. The second-order valence-electron chi connectivity index (χ2n) is 5.45. The Morgan fingerprint density at radius 3 is 2.33 bits per heavy atom. The van der Waals surface area contributed by atoms with Crippen molar-refractivity contribution in [3.63, 3.8) is 0 Å². The van der Waals surface area contributed by atoms with E-state index in [0.29, 0.717) is 5.41 Å². The van der Waals surface area contributed by atoms with E-state index < -0.39 is 0 Å². The predicted octanol–water partition coefficient (Wildman–Crippen LogP) is 4.25. The van der Waals surface area contributed by atoms with Gasteiger partial charge in [-0.2, -0.15) is 0 Å². The van der Waals surface area contributed by atoms with Gasteiger partial charge in [-0.3, -0.25) is 0 Å². The number of rotatable bonds is 3. The van der Waals surface area contributed by atoms with E-state index in [1.165, 1.54) is 32.1 Å². The minimum absolute atomic E-state index is 0.637. The van der Waals surface area contributed by atoms with Gasteiger partial charge in [0.25, 0.3) is 0 Å². The zero-order valence-electron chi connectivity index (χ0n) is 9.19. The lowest BCUT2D eigenvalue weighted by Gasteiger charge is -2.16. The largest absolute Gasteiger partial charge is 0.0654 e. The van der Waals surface area contributed by atoms with Gasteiger partial charge in [-0.15, -0.1) is 0 Å². The summed E-state index contributed by atoms with van der Waals surface area (Å²) in [7, 11) is 0. The summed E-state index contributed by atoms with van der Waals surface area (Å²) in [4.78, 5) is 0. The summed E-state index contributed by atoms with van der Waals surface area (Å²) in [5.41, 5.74) is 0.637. The first kappa shape index (κ1) is 10.1. The van der Waals surface area contributed by atoms with Crippen molar-refractivity contribution in [2.75, 3.05) is 0 Å². The van der Waals surface area contributed by atoms with E-state index in [4.69, 9.17) is 0 Å². The molecule has 0 nitrogen and oxygen atoms in total. The summed E-state index contributed by atoms with van der Waals surface area (Å²) in [5.74, 6) is 2.01. The quantitative estimate of drug-likeness (QED) is 0.591. The molecule has 0 heterocycles. The van der Waals surface area contributed by atoms with Gasteiger partial charge in [-0.1, -0.05) is 47.0 Å². The molecule has 1 rings (SSSR count). The van der Waals surface area contributed by atoms with Gasteiger partial charge in [-0.25, -0.2) is 0 Å². The summed E-state index contributed by atoms with van der Waals surface area (Å²) < 4.78 is 0. The summed E-state index contributed by atoms with van der Waals surface area (Å²) in [5, 5.41) is 0. The van der Waals surface area contributed by atoms with Crippen LogP contribution in [0.3, 0.4) is 0 Å². The normalized spacial score (nSPS) is 34.0. The van der Waals surface area contributed by atoms with Gasteiger partial charge in [0.15, 0.2) is 0 Å². The van der Waals surface area contributed by atoms with Gasteiger partial charge in [0.1, 0.15) is 0 Å². The zero-order valence-corrected chi connectivity index (χ0v) is 9.19. The van der Waals surface area contributed by atoms with Crippen LogP contribution in [0, 0.1) is 17.3 Å². The van der Waals surface area contributed by atoms with E-state index in [0.717, 1.165) is 11.8 Å². The van der Waals surface area contributed by atoms with Crippen LogP contribution in [0.25, 0.3) is 0 Å². The van der Waals surface area contributed by atoms with Gasteiger partial charge in [0.2, 0.25) is 0 Å². The van der Waals surface area contributed by atoms with Crippen LogP contribution in [0.15, 0.2) is 0 Å². The first-order valence-electron chi connectivity index (χ1n) is 5.55. The molecular formula is C12H24. The molecule has 0 heteroatoms. The van der Waals surface area contributed by atoms with E-state index in [1.807, 2.05) is 0 Å². The third-order valence-corrected chi connectivity index (χ3v) is 3.42. The van der Waals surface area contributed by atoms with Crippen LogP contribution in [0.4, 0.5) is 0 Å². The maximum atomic E-state index is 2.44. The predicted molar refractivity (Wildman–Crippen MR) is 55.2 cm³/mol. The molecule has 0 aromatic heterocycles. The van der Waals surface area contributed by atoms with Crippen LogP contribution < -0.4 is 0 Å². The third-order valence-electron chi connectivity index (χ3n) is 3.42. The number of unbranched alkanes of at least 4 members (excludes halogenated alkanes) is 1. The number of hydrogen-bond donors (Lipinski definition) is 0. The van der Waals surface area contributed by atoms with Crippen molar-refractivity contribution in [2.24, 2.45) is 17.3 Å². The van der Waals surface area contributed by atoms with Gasteiger partial charge in [-0.05, 0) is 30.1 Å². The van der Waals surface area contributed by atoms with Gasteiger partial charge < -0.3 is 0 Å². The van der Waals surface area contributed by atoms with Crippen molar-refractivity contribution in [3.8, 4) is 0 Å². The molecule has 0 N–H and O–H groups in total. The molecule has 1 aliphatic carbocycles. The molecule has 1 saturated carbocycles. The highest BCUT2D eigenvalue weighted by molar-refractivity contribution is 4.86. The minimum atomic E-state index is 0.637. The second kappa shape index (κ2) is 3.81. The molecule has 1 fully saturated rings. The van der Waals surface area contributed by atoms with Gasteiger partial charge in [0, 0.05) is 0 Å². The highest BCUT2D eigenvalue weighted by Crippen LogP contribution is 2.46. The summed E-state index contributed by atoms with van der Waals surface area (Å²) in [6, 6.07) is 0. The molecule has 72 valence electrons. The smallest absolute Gasteiger partial charge is 0.0349 e. The molecule has 0 aliphatic heterocycles. The highest BCUT2D eigenvalue weighted by atomic mass is 14.4. The minimum Gasteiger partial charge on any atom is -0.0654 e. The number of hydrogen-bond acceptors (Lipinski definition) is 0. The molecule has 2 atom stereocenters. The topological polar surface area (TPSA) is 0 Å². The van der Waals surface area contributed by atoms with Gasteiger partial charge in [0.05, 0.1) is 0 Å². The molecule has 12 heavy (non-hydrogen) atoms. The molecule has 1 unspecified atom stereocenters. The van der Waals surface area contributed by atoms with Crippen LogP contribution in [-0.2, 0) is 0 Å². The van der Waals surface area contributed by atoms with Crippen molar-refractivity contribution in [1.29, 1.82) is 0 Å². The molecule has 0 aromatic rings. The van der Waals surface area contributed by atoms with Crippen LogP contribution in [-0.4, -0.2) is 0 Å². The summed E-state index contributed by atoms with van der Waals surface area (Å²) in [6.07, 6.45) is 7.19. The second-order valence-corrected chi connectivity index (χ2v) is 5.45. The van der Waals surface area contributed by atoms with Crippen LogP contribution in [0.2, 0.25) is 0 Å². The van der Waals surface area contributed by atoms with Crippen molar-refractivity contribution < 1.29 is 0 Å². The monoisotopic (exact) mass is 168 g/mol. The molecule has 0 aromatic carbocycles. The first-order valence-corrected chi connectivity index (χ1v) is 5.55. The standard InChI is InChI=1S/C12H24/c1-5-6-7-11-9-12(3,4)8-10(11)2/h10-11H,5-9H2,1-4H3/t10-,11?/m0/s1. The van der Waals surface area contributed by atoms with E-state index >= 15 is 0 Å². The van der Waals surface area contributed by atoms with Crippen molar-refractivity contribution in [2.45, 2.75) is 59.8 Å². The van der Waals surface area contributed by atoms with Crippen molar-refractivity contribution in [1.82, 2.24) is 0 Å². The lowest BCUT2D eigenvalue weighted by molar-refractivity contribution is 0.350. The van der Waals surface area contributed by atoms with Crippen molar-refractivity contribution >= 4 is 0 Å². The Bertz CT molecular complexity index is 135. The van der Waals surface area contributed by atoms with E-state index in [1.54, 1.807) is 0 Å². The molecule has 0 bridgehead atoms. The Morgan fingerprint density at radius 1 is 1.25 bits per heavy atom. The van der Waals surface area contributed by atoms with Gasteiger partial charge >= 0.3 is 0 Å². The Balaban J connectivity index is 2.36. The Morgan fingerprint density at radius 2 is 1.92 bits per heavy atom. The average molecular weight is 168 g/mol. The van der Waals surface area contributed by atoms with E-state index in [9.17, 15) is 0 Å². The fourth-order valence-electron chi connectivity index (χ4n) is 2.89. The maximum Gasteiger partial charge on any atom is -0.0349 e. The van der Waals surface area contributed by atoms with Crippen LogP contribution in [0.1, 0.15) is 59.8 Å². The fourth-order valence-corrected chi connectivity index (χ4v) is 2.89. The molecular weight excluding hydrogens is 144 g/mol. The summed E-state index contributed by atoms with van der Waals surface area (Å²) >= 11 is 0. The van der Waals surface area contributed by atoms with E-state index in [-0.39, 0.29) is 0 Å². The Labute approximate surface area is 77.7 Å². The molecule has 0 radical (unpaired) electrons. The molecule has 0 spiro atoms. The zero-order chi connectivity index (χ0) is 9.19. The lowest BCUT2D eigenvalue weighted by atomic mass is 9.89. The van der Waals surface area contributed by atoms with E-state index in [2.05, 4.69) is 27.7 Å². The van der Waals surface area contributed by atoms with Crippen LogP contribution in [0.5, 0.6) is 0 Å². The lowest BCUT2D eigenvalue weighted by Crippen LogP contribution is -2.05. The van der Waals surface area contributed by atoms with Crippen molar-refractivity contribution in [3.05, 3.63) is 0 Å².